The first-order valence-electron chi connectivity index (χ1n) is 9.01. The Kier molecular flexibility index (Phi) is 6.64. The molecule has 0 atom stereocenters. The molecule has 0 amide bonds. The van der Waals surface area contributed by atoms with Crippen LogP contribution in [0.25, 0.3) is 22.3 Å². The second kappa shape index (κ2) is 9.79. The zero-order chi connectivity index (χ0) is 19.6. The van der Waals surface area contributed by atoms with Crippen molar-refractivity contribution in [2.24, 2.45) is 0 Å². The molecule has 0 N–H and O–H groups in total. The van der Waals surface area contributed by atoms with Gasteiger partial charge in [0, 0.05) is 11.1 Å². The Hall–Kier alpha value is -3.78. The van der Waals surface area contributed by atoms with Crippen molar-refractivity contribution in [1.29, 1.82) is 0 Å². The summed E-state index contributed by atoms with van der Waals surface area (Å²) in [4.78, 5) is 20.9. The molecule has 2 nitrogen and oxygen atoms in total. The van der Waals surface area contributed by atoms with E-state index in [2.05, 4.69) is 24.3 Å². The predicted octanol–water partition coefficient (Wildman–Crippen LogP) is 6.33. The average molecular weight is 364 g/mol. The summed E-state index contributed by atoms with van der Waals surface area (Å²) in [5.74, 6) is 0. The van der Waals surface area contributed by atoms with E-state index in [4.69, 9.17) is 0 Å². The summed E-state index contributed by atoms with van der Waals surface area (Å²) < 4.78 is 0. The van der Waals surface area contributed by atoms with Crippen molar-refractivity contribution in [3.8, 4) is 22.3 Å². The molecule has 4 aromatic rings. The summed E-state index contributed by atoms with van der Waals surface area (Å²) in [6.45, 7) is 0. The fourth-order valence-electron chi connectivity index (χ4n) is 2.77. The number of rotatable bonds is 4. The number of hydrogen-bond donors (Lipinski definition) is 0. The molecule has 4 aromatic carbocycles. The van der Waals surface area contributed by atoms with E-state index in [1.165, 1.54) is 11.1 Å². The molecular formula is C26H20O2. The van der Waals surface area contributed by atoms with Crippen molar-refractivity contribution in [3.63, 3.8) is 0 Å². The fourth-order valence-corrected chi connectivity index (χ4v) is 2.77. The van der Waals surface area contributed by atoms with Gasteiger partial charge < -0.3 is 0 Å². The lowest BCUT2D eigenvalue weighted by atomic mass is 10.0. The molecule has 0 saturated carbocycles. The Morgan fingerprint density at radius 3 is 0.929 bits per heavy atom. The van der Waals surface area contributed by atoms with Crippen LogP contribution in [0, 0.1) is 0 Å². The Morgan fingerprint density at radius 1 is 0.357 bits per heavy atom. The lowest BCUT2D eigenvalue weighted by Crippen LogP contribution is -1.80. The van der Waals surface area contributed by atoms with Crippen LogP contribution in [0.2, 0.25) is 0 Å². The number of aldehydes is 2. The molecule has 0 aliphatic heterocycles. The molecule has 2 heteroatoms. The van der Waals surface area contributed by atoms with Gasteiger partial charge >= 0.3 is 0 Å². The van der Waals surface area contributed by atoms with Gasteiger partial charge in [0.15, 0.2) is 0 Å². The molecule has 0 radical (unpaired) electrons. The van der Waals surface area contributed by atoms with Crippen LogP contribution >= 0.6 is 0 Å². The van der Waals surface area contributed by atoms with Crippen LogP contribution in [-0.2, 0) is 0 Å². The van der Waals surface area contributed by atoms with E-state index in [0.717, 1.165) is 23.7 Å². The quantitative estimate of drug-likeness (QED) is 0.396. The summed E-state index contributed by atoms with van der Waals surface area (Å²) in [5.41, 5.74) is 6.04. The maximum Gasteiger partial charge on any atom is 0.150 e. The molecule has 0 fully saturated rings. The topological polar surface area (TPSA) is 34.1 Å². The van der Waals surface area contributed by atoms with Crippen LogP contribution < -0.4 is 0 Å². The van der Waals surface area contributed by atoms with E-state index in [1.54, 1.807) is 0 Å². The van der Waals surface area contributed by atoms with Gasteiger partial charge in [0.2, 0.25) is 0 Å². The SMILES string of the molecule is O=Cc1ccc(-c2ccccc2)cc1.O=Cc1ccc(-c2ccccc2)cc1. The fraction of sp³-hybridized carbons (Fsp3) is 0. The van der Waals surface area contributed by atoms with Gasteiger partial charge in [-0.25, -0.2) is 0 Å². The third-order valence-electron chi connectivity index (χ3n) is 4.31. The Labute approximate surface area is 165 Å². The van der Waals surface area contributed by atoms with E-state index >= 15 is 0 Å². The van der Waals surface area contributed by atoms with Crippen LogP contribution in [0.15, 0.2) is 109 Å². The number of hydrogen-bond acceptors (Lipinski definition) is 2. The molecule has 28 heavy (non-hydrogen) atoms. The predicted molar refractivity (Wildman–Crippen MR) is 115 cm³/mol. The van der Waals surface area contributed by atoms with E-state index in [1.807, 2.05) is 84.9 Å². The second-order valence-corrected chi connectivity index (χ2v) is 6.21. The smallest absolute Gasteiger partial charge is 0.150 e. The monoisotopic (exact) mass is 364 g/mol. The Bertz CT molecular complexity index is 916. The van der Waals surface area contributed by atoms with Gasteiger partial charge in [-0.15, -0.1) is 0 Å². The number of benzene rings is 4. The van der Waals surface area contributed by atoms with Crippen molar-refractivity contribution in [1.82, 2.24) is 0 Å². The maximum absolute atomic E-state index is 10.5. The average Bonchev–Trinajstić information content (AvgIpc) is 2.81. The van der Waals surface area contributed by atoms with Crippen LogP contribution in [0.3, 0.4) is 0 Å². The maximum atomic E-state index is 10.5. The van der Waals surface area contributed by atoms with Crippen molar-refractivity contribution in [2.45, 2.75) is 0 Å². The molecule has 0 bridgehead atoms. The highest BCUT2D eigenvalue weighted by molar-refractivity contribution is 5.77. The van der Waals surface area contributed by atoms with Crippen molar-refractivity contribution >= 4 is 12.6 Å². The van der Waals surface area contributed by atoms with Gasteiger partial charge in [0.25, 0.3) is 0 Å². The van der Waals surface area contributed by atoms with Crippen LogP contribution in [0.4, 0.5) is 0 Å². The highest BCUT2D eigenvalue weighted by atomic mass is 16.1. The van der Waals surface area contributed by atoms with E-state index in [-0.39, 0.29) is 0 Å². The Balaban J connectivity index is 0.000000161. The minimum atomic E-state index is 0.713. The first-order valence-corrected chi connectivity index (χ1v) is 9.01. The highest BCUT2D eigenvalue weighted by Crippen LogP contribution is 2.19. The van der Waals surface area contributed by atoms with Crippen LogP contribution in [0.5, 0.6) is 0 Å². The van der Waals surface area contributed by atoms with E-state index in [9.17, 15) is 9.59 Å². The lowest BCUT2D eigenvalue weighted by Gasteiger charge is -2.00. The molecule has 0 unspecified atom stereocenters. The number of carbonyl (C=O) groups is 2. The first-order chi connectivity index (χ1) is 13.8. The van der Waals surface area contributed by atoms with Gasteiger partial charge in [0.05, 0.1) is 0 Å². The zero-order valence-corrected chi connectivity index (χ0v) is 15.4. The molecule has 0 saturated heterocycles. The molecule has 0 spiro atoms. The minimum Gasteiger partial charge on any atom is -0.298 e. The van der Waals surface area contributed by atoms with E-state index < -0.39 is 0 Å². The van der Waals surface area contributed by atoms with Gasteiger partial charge in [-0.2, -0.15) is 0 Å². The highest BCUT2D eigenvalue weighted by Gasteiger charge is 1.96. The molecular weight excluding hydrogens is 344 g/mol. The minimum absolute atomic E-state index is 0.713. The molecule has 0 aromatic heterocycles. The summed E-state index contributed by atoms with van der Waals surface area (Å²) in [6.07, 6.45) is 1.71. The van der Waals surface area contributed by atoms with Gasteiger partial charge in [-0.05, 0) is 22.3 Å². The largest absolute Gasteiger partial charge is 0.298 e. The van der Waals surface area contributed by atoms with E-state index in [0.29, 0.717) is 11.1 Å². The lowest BCUT2D eigenvalue weighted by molar-refractivity contribution is 0.111. The third kappa shape index (κ3) is 5.12. The van der Waals surface area contributed by atoms with Crippen molar-refractivity contribution in [2.75, 3.05) is 0 Å². The summed E-state index contributed by atoms with van der Waals surface area (Å²) in [7, 11) is 0. The summed E-state index contributed by atoms with van der Waals surface area (Å²) >= 11 is 0. The molecule has 0 heterocycles. The normalized spacial score (nSPS) is 9.71. The Morgan fingerprint density at radius 2 is 0.643 bits per heavy atom. The summed E-state index contributed by atoms with van der Waals surface area (Å²) in [5, 5.41) is 0. The standard InChI is InChI=1S/2C13H10O/c2*14-10-11-6-8-13(9-7-11)12-4-2-1-3-5-12/h2*1-10H. The number of carbonyl (C=O) groups excluding carboxylic acids is 2. The third-order valence-corrected chi connectivity index (χ3v) is 4.31. The molecule has 136 valence electrons. The second-order valence-electron chi connectivity index (χ2n) is 6.21. The van der Waals surface area contributed by atoms with Gasteiger partial charge in [0.1, 0.15) is 12.6 Å². The zero-order valence-electron chi connectivity index (χ0n) is 15.4. The van der Waals surface area contributed by atoms with Crippen LogP contribution in [-0.4, -0.2) is 12.6 Å². The van der Waals surface area contributed by atoms with Gasteiger partial charge in [-0.1, -0.05) is 109 Å². The van der Waals surface area contributed by atoms with Crippen molar-refractivity contribution in [3.05, 3.63) is 120 Å². The molecule has 4 rings (SSSR count). The molecule has 0 aliphatic carbocycles. The summed E-state index contributed by atoms with van der Waals surface area (Å²) in [6, 6.07) is 35.3. The molecule has 0 aliphatic rings. The van der Waals surface area contributed by atoms with Crippen LogP contribution in [0.1, 0.15) is 20.7 Å². The van der Waals surface area contributed by atoms with Crippen molar-refractivity contribution < 1.29 is 9.59 Å². The first kappa shape index (κ1) is 19.0. The van der Waals surface area contributed by atoms with Gasteiger partial charge in [-0.3, -0.25) is 9.59 Å².